The van der Waals surface area contributed by atoms with Crippen LogP contribution in [0.4, 0.5) is 0 Å². The number of nitrogens with one attached hydrogen (secondary N) is 1. The first kappa shape index (κ1) is 50.4. The molecular weight excluding hydrogens is 961 g/mol. The zero-order chi connectivity index (χ0) is 52.5. The second-order valence-electron chi connectivity index (χ2n) is 19.3. The SMILES string of the molecule is Cc1nn(C)c2cc(-c3noc(C4CCN(C(=O)C(CO)N5Cc6ccccc6C5=O)CC4)n3)ccc12.Cc1nn(C)c2cc(-c3noc(C4CCNCC4)n3)ccc12.O=C(O)C(CO)N1Cc2ccccc2C1=O. The van der Waals surface area contributed by atoms with E-state index in [1.165, 1.54) is 9.80 Å². The summed E-state index contributed by atoms with van der Waals surface area (Å²) in [5.74, 6) is 0.967. The average molecular weight is 1020 g/mol. The summed E-state index contributed by atoms with van der Waals surface area (Å²) in [4.78, 5) is 62.5. The molecule has 4 aromatic carbocycles. The van der Waals surface area contributed by atoms with Crippen LogP contribution in [0.2, 0.25) is 0 Å². The summed E-state index contributed by atoms with van der Waals surface area (Å²) >= 11 is 0. The van der Waals surface area contributed by atoms with E-state index < -0.39 is 31.3 Å². The van der Waals surface area contributed by atoms with Crippen molar-refractivity contribution in [3.05, 3.63) is 130 Å². The van der Waals surface area contributed by atoms with Crippen LogP contribution in [0.1, 0.15) is 92.5 Å². The van der Waals surface area contributed by atoms with Gasteiger partial charge in [-0.1, -0.05) is 71.0 Å². The highest BCUT2D eigenvalue weighted by Gasteiger charge is 2.40. The Morgan fingerprint density at radius 3 is 1.56 bits per heavy atom. The van der Waals surface area contributed by atoms with Crippen LogP contribution < -0.4 is 5.32 Å². The molecule has 8 heterocycles. The summed E-state index contributed by atoms with van der Waals surface area (Å²) in [6.45, 7) is 6.61. The number of aryl methyl sites for hydroxylation is 4. The van der Waals surface area contributed by atoms with Crippen LogP contribution in [-0.4, -0.2) is 145 Å². The van der Waals surface area contributed by atoms with Crippen LogP contribution in [0, 0.1) is 13.8 Å². The number of aliphatic hydroxyl groups excluding tert-OH is 2. The standard InChI is InChI=1S/C27H28N6O4.C16H19N5O.C11H11NO4/c1-16-20-8-7-18(13-22(20)31(2)29-16)24-28-25(37-30-24)17-9-11-32(12-10-17)27(36)23(15-34)33-14-19-5-3-4-6-21(19)26(33)35;1-10-13-4-3-12(9-14(13)21(2)19-10)15-18-16(22-20-15)11-5-7-17-8-6-11;13-6-9(11(15)16)12-5-7-3-1-2-4-8(7)10(12)14/h3-8,13,17,23,34H,9-12,14-15H2,1-2H3;3-4,9,11,17H,5-8H2,1-2H3;1-4,9,13H,5-6H2,(H,15,16). The van der Waals surface area contributed by atoms with E-state index in [1.807, 2.05) is 79.8 Å². The van der Waals surface area contributed by atoms with Gasteiger partial charge in [0.05, 0.1) is 35.6 Å². The minimum atomic E-state index is -1.19. The summed E-state index contributed by atoms with van der Waals surface area (Å²) in [6, 6.07) is 24.4. The number of hydrogen-bond donors (Lipinski definition) is 4. The van der Waals surface area contributed by atoms with Gasteiger partial charge in [0.25, 0.3) is 11.8 Å². The van der Waals surface area contributed by atoms with Crippen LogP contribution in [0.3, 0.4) is 0 Å². The maximum absolute atomic E-state index is 13.3. The highest BCUT2D eigenvalue weighted by Crippen LogP contribution is 2.33. The number of aliphatic carboxylic acids is 1. The number of carboxylic acid groups (broad SMARTS) is 1. The van der Waals surface area contributed by atoms with Gasteiger partial charge in [-0.05, 0) is 88.0 Å². The summed E-state index contributed by atoms with van der Waals surface area (Å²) in [5.41, 5.74) is 8.72. The number of aliphatic hydroxyl groups is 2. The number of carbonyl (C=O) groups excluding carboxylic acids is 3. The molecule has 4 N–H and O–H groups in total. The lowest BCUT2D eigenvalue weighted by molar-refractivity contribution is -0.143. The molecule has 21 heteroatoms. The van der Waals surface area contributed by atoms with Crippen molar-refractivity contribution < 1.29 is 43.5 Å². The summed E-state index contributed by atoms with van der Waals surface area (Å²) < 4.78 is 14.9. The molecule has 3 amide bonds. The monoisotopic (exact) mass is 1020 g/mol. The quantitative estimate of drug-likeness (QED) is 0.138. The van der Waals surface area contributed by atoms with Crippen molar-refractivity contribution in [2.75, 3.05) is 39.4 Å². The molecule has 12 rings (SSSR count). The Bertz CT molecular complexity index is 3420. The van der Waals surface area contributed by atoms with Gasteiger partial charge in [-0.3, -0.25) is 23.7 Å². The minimum Gasteiger partial charge on any atom is -0.480 e. The third kappa shape index (κ3) is 10.0. The smallest absolute Gasteiger partial charge is 0.328 e. The highest BCUT2D eigenvalue weighted by atomic mass is 16.5. The van der Waals surface area contributed by atoms with Crippen molar-refractivity contribution in [2.45, 2.75) is 76.5 Å². The van der Waals surface area contributed by atoms with E-state index >= 15 is 0 Å². The number of aromatic nitrogens is 8. The van der Waals surface area contributed by atoms with Gasteiger partial charge in [0.1, 0.15) is 6.04 Å². The zero-order valence-electron chi connectivity index (χ0n) is 42.1. The van der Waals surface area contributed by atoms with Crippen molar-refractivity contribution in [3.63, 3.8) is 0 Å². The van der Waals surface area contributed by atoms with Gasteiger partial charge in [-0.25, -0.2) is 4.79 Å². The highest BCUT2D eigenvalue weighted by molar-refractivity contribution is 6.01. The predicted octanol–water partition coefficient (Wildman–Crippen LogP) is 5.14. The summed E-state index contributed by atoms with van der Waals surface area (Å²) in [5, 5.41) is 50.8. The molecule has 4 aliphatic rings. The molecule has 75 heavy (non-hydrogen) atoms. The molecule has 0 radical (unpaired) electrons. The fraction of sp³-hybridized carbons (Fsp3) is 0.370. The maximum Gasteiger partial charge on any atom is 0.328 e. The lowest BCUT2D eigenvalue weighted by Gasteiger charge is -2.35. The van der Waals surface area contributed by atoms with E-state index in [-0.39, 0.29) is 30.2 Å². The number of rotatable bonds is 10. The number of hydrogen-bond acceptors (Lipinski definition) is 15. The van der Waals surface area contributed by atoms with E-state index in [0.29, 0.717) is 67.1 Å². The second kappa shape index (κ2) is 21.4. The van der Waals surface area contributed by atoms with Crippen LogP contribution in [0.5, 0.6) is 0 Å². The Labute approximate surface area is 430 Å². The third-order valence-electron chi connectivity index (χ3n) is 14.7. The van der Waals surface area contributed by atoms with E-state index in [9.17, 15) is 24.3 Å². The molecule has 4 aromatic heterocycles. The molecule has 4 aliphatic heterocycles. The number of benzene rings is 4. The van der Waals surface area contributed by atoms with Crippen molar-refractivity contribution >= 4 is 45.5 Å². The molecule has 2 atom stereocenters. The molecule has 21 nitrogen and oxygen atoms in total. The first-order valence-corrected chi connectivity index (χ1v) is 25.1. The fourth-order valence-corrected chi connectivity index (χ4v) is 10.5. The first-order valence-electron chi connectivity index (χ1n) is 25.1. The second-order valence-corrected chi connectivity index (χ2v) is 19.3. The van der Waals surface area contributed by atoms with Gasteiger partial charge in [0.15, 0.2) is 6.04 Å². The van der Waals surface area contributed by atoms with Crippen molar-refractivity contribution in [3.8, 4) is 22.8 Å². The largest absolute Gasteiger partial charge is 0.480 e. The van der Waals surface area contributed by atoms with Crippen molar-refractivity contribution in [1.29, 1.82) is 0 Å². The molecule has 0 saturated carbocycles. The third-order valence-corrected chi connectivity index (χ3v) is 14.7. The van der Waals surface area contributed by atoms with Crippen LogP contribution in [0.25, 0.3) is 44.6 Å². The Kier molecular flexibility index (Phi) is 14.4. The molecular formula is C54H58N12O9. The molecule has 2 unspecified atom stereocenters. The van der Waals surface area contributed by atoms with E-state index in [2.05, 4.69) is 47.9 Å². The van der Waals surface area contributed by atoms with Gasteiger partial charge in [-0.15, -0.1) is 0 Å². The number of carboxylic acids is 1. The number of piperidine rings is 2. The molecule has 0 bridgehead atoms. The Morgan fingerprint density at radius 1 is 0.653 bits per heavy atom. The number of nitrogens with zero attached hydrogens (tertiary/aromatic N) is 11. The molecule has 0 aliphatic carbocycles. The summed E-state index contributed by atoms with van der Waals surface area (Å²) in [6.07, 6.45) is 3.45. The van der Waals surface area contributed by atoms with E-state index in [1.54, 1.807) is 35.2 Å². The Balaban J connectivity index is 0.000000142. The van der Waals surface area contributed by atoms with Crippen LogP contribution in [-0.2, 0) is 36.8 Å². The molecule has 388 valence electrons. The Hall–Kier alpha value is -8.14. The predicted molar refractivity (Wildman–Crippen MR) is 273 cm³/mol. The minimum absolute atomic E-state index is 0.0400. The molecule has 8 aromatic rings. The van der Waals surface area contributed by atoms with Gasteiger partial charge in [0, 0.05) is 85.1 Å². The van der Waals surface area contributed by atoms with Gasteiger partial charge in [-0.2, -0.15) is 20.2 Å². The van der Waals surface area contributed by atoms with Crippen molar-refractivity contribution in [1.82, 2.24) is 59.9 Å². The summed E-state index contributed by atoms with van der Waals surface area (Å²) in [7, 11) is 3.87. The van der Waals surface area contributed by atoms with E-state index in [4.69, 9.17) is 19.3 Å². The fourth-order valence-electron chi connectivity index (χ4n) is 10.5. The maximum atomic E-state index is 13.3. The first-order chi connectivity index (χ1) is 36.3. The number of likely N-dealkylation sites (tertiary alicyclic amines) is 1. The Morgan fingerprint density at radius 2 is 1.11 bits per heavy atom. The number of amides is 3. The number of carbonyl (C=O) groups is 4. The van der Waals surface area contributed by atoms with Gasteiger partial charge >= 0.3 is 5.97 Å². The van der Waals surface area contributed by atoms with Crippen LogP contribution >= 0.6 is 0 Å². The molecule has 2 fully saturated rings. The normalized spacial score (nSPS) is 16.6. The lowest BCUT2D eigenvalue weighted by Crippen LogP contribution is -2.52. The van der Waals surface area contributed by atoms with Crippen molar-refractivity contribution in [2.24, 2.45) is 14.1 Å². The number of fused-ring (bicyclic) bond motifs is 4. The topological polar surface area (TPSA) is 264 Å². The van der Waals surface area contributed by atoms with E-state index in [0.717, 1.165) is 87.3 Å². The lowest BCUT2D eigenvalue weighted by atomic mass is 9.96. The molecule has 0 spiro atoms. The average Bonchev–Trinajstić information content (AvgIpc) is 4.32. The van der Waals surface area contributed by atoms with Crippen LogP contribution in [0.15, 0.2) is 94.0 Å². The van der Waals surface area contributed by atoms with Gasteiger partial charge < -0.3 is 44.4 Å². The molecule has 2 saturated heterocycles. The van der Waals surface area contributed by atoms with Gasteiger partial charge in [0.2, 0.25) is 29.3 Å². The zero-order valence-corrected chi connectivity index (χ0v) is 42.1.